The van der Waals surface area contributed by atoms with E-state index < -0.39 is 0 Å². The minimum atomic E-state index is -0.225. The number of H-pyrrole nitrogens is 2. The third kappa shape index (κ3) is 2.44. The highest BCUT2D eigenvalue weighted by molar-refractivity contribution is 6.14. The summed E-state index contributed by atoms with van der Waals surface area (Å²) in [6, 6.07) is 13.2. The van der Waals surface area contributed by atoms with Gasteiger partial charge in [-0.15, -0.1) is 0 Å². The molecule has 0 saturated carbocycles. The molecule has 6 heteroatoms. The number of hydrogen-bond donors (Lipinski definition) is 2. The number of nitrogens with one attached hydrogen (secondary N) is 2. The van der Waals surface area contributed by atoms with Crippen LogP contribution in [0.25, 0.3) is 0 Å². The summed E-state index contributed by atoms with van der Waals surface area (Å²) in [4.78, 5) is 22.2. The first-order valence-electron chi connectivity index (χ1n) is 11.7. The van der Waals surface area contributed by atoms with E-state index in [0.29, 0.717) is 0 Å². The van der Waals surface area contributed by atoms with Crippen LogP contribution in [0.4, 0.5) is 23.0 Å². The minimum Gasteiger partial charge on any atom is -0.344 e. The van der Waals surface area contributed by atoms with Crippen LogP contribution in [0, 0.1) is 0 Å². The van der Waals surface area contributed by atoms with Gasteiger partial charge in [-0.3, -0.25) is 0 Å². The Morgan fingerprint density at radius 1 is 0.576 bits per heavy atom. The highest BCUT2D eigenvalue weighted by atomic mass is 15.3. The number of amidine groups is 2. The van der Waals surface area contributed by atoms with Gasteiger partial charge in [0.2, 0.25) is 0 Å². The summed E-state index contributed by atoms with van der Waals surface area (Å²) >= 11 is 0. The minimum absolute atomic E-state index is 0.211. The van der Waals surface area contributed by atoms with E-state index in [4.69, 9.17) is 9.98 Å². The van der Waals surface area contributed by atoms with E-state index in [-0.39, 0.29) is 16.2 Å². The number of aromatic amines is 2. The van der Waals surface area contributed by atoms with Gasteiger partial charge in [-0.05, 0) is 76.9 Å². The lowest BCUT2D eigenvalue weighted by Crippen LogP contribution is -2.39. The molecule has 33 heavy (non-hydrogen) atoms. The van der Waals surface area contributed by atoms with Crippen LogP contribution in [0.2, 0.25) is 0 Å². The summed E-state index contributed by atoms with van der Waals surface area (Å²) in [6.45, 7) is 13.5. The third-order valence-corrected chi connectivity index (χ3v) is 8.10. The monoisotopic (exact) mass is 440 g/mol. The van der Waals surface area contributed by atoms with Gasteiger partial charge in [-0.2, -0.15) is 0 Å². The smallest absolute Gasteiger partial charge is 0.120 e. The van der Waals surface area contributed by atoms with Crippen molar-refractivity contribution in [1.29, 1.82) is 0 Å². The summed E-state index contributed by atoms with van der Waals surface area (Å²) in [6.07, 6.45) is 0. The van der Waals surface area contributed by atoms with Gasteiger partial charge in [0.15, 0.2) is 0 Å². The Labute approximate surface area is 195 Å². The van der Waals surface area contributed by atoms with Crippen molar-refractivity contribution in [3.8, 4) is 0 Å². The first-order valence-corrected chi connectivity index (χ1v) is 11.7. The standard InChI is InChI=1S/C27H32N6/c1-25(2)15-9-10-16-22-21(15)30-23(25)32(7)19-13-11-17(28-19)27(5,6)18-12-14-20(29-18)33(8)24(31-22)26(16,3)4/h9-14,28-29H,1-8H3. The van der Waals surface area contributed by atoms with Gasteiger partial charge in [0.25, 0.3) is 0 Å². The van der Waals surface area contributed by atoms with E-state index >= 15 is 0 Å². The highest BCUT2D eigenvalue weighted by Gasteiger charge is 2.45. The number of likely N-dealkylation sites (N-methyl/N-ethyl adjacent to an activating group) is 2. The van der Waals surface area contributed by atoms with E-state index in [1.807, 2.05) is 0 Å². The second kappa shape index (κ2) is 5.99. The first kappa shape index (κ1) is 20.3. The van der Waals surface area contributed by atoms with Crippen molar-refractivity contribution in [2.75, 3.05) is 23.9 Å². The van der Waals surface area contributed by atoms with Crippen molar-refractivity contribution in [1.82, 2.24) is 9.97 Å². The van der Waals surface area contributed by atoms with Crippen molar-refractivity contribution < 1.29 is 0 Å². The number of aromatic nitrogens is 2. The fourth-order valence-corrected chi connectivity index (χ4v) is 5.80. The van der Waals surface area contributed by atoms with E-state index in [0.717, 1.165) is 46.1 Å². The molecular weight excluding hydrogens is 408 g/mol. The van der Waals surface area contributed by atoms with Crippen LogP contribution in [-0.2, 0) is 16.2 Å². The average Bonchev–Trinajstić information content (AvgIpc) is 3.51. The second-order valence-corrected chi connectivity index (χ2v) is 11.2. The van der Waals surface area contributed by atoms with Crippen LogP contribution in [0.5, 0.6) is 0 Å². The molecule has 0 radical (unpaired) electrons. The Morgan fingerprint density at radius 2 is 0.970 bits per heavy atom. The SMILES string of the molecule is CN1C2=Nc3c(ccc4c3N=C(N(C)c3ccc([nH]3)C(C)(C)c3ccc1[nH]3)C4(C)C)C2(C)C. The van der Waals surface area contributed by atoms with Crippen LogP contribution >= 0.6 is 0 Å². The van der Waals surface area contributed by atoms with Crippen molar-refractivity contribution in [2.45, 2.75) is 57.8 Å². The molecule has 3 aliphatic rings. The van der Waals surface area contributed by atoms with Gasteiger partial charge in [0.05, 0.1) is 22.2 Å². The zero-order valence-electron chi connectivity index (χ0n) is 20.8. The fraction of sp³-hybridized carbons (Fsp3) is 0.407. The van der Waals surface area contributed by atoms with Crippen LogP contribution in [0.3, 0.4) is 0 Å². The Kier molecular flexibility index (Phi) is 3.69. The molecule has 6 rings (SSSR count). The lowest BCUT2D eigenvalue weighted by molar-refractivity contribution is 0.603. The molecule has 5 heterocycles. The van der Waals surface area contributed by atoms with Crippen LogP contribution in [0.15, 0.2) is 46.4 Å². The second-order valence-electron chi connectivity index (χ2n) is 11.2. The maximum absolute atomic E-state index is 5.23. The molecule has 0 amide bonds. The molecule has 1 aromatic carbocycles. The number of fused-ring (bicyclic) bond motifs is 4. The highest BCUT2D eigenvalue weighted by Crippen LogP contribution is 2.53. The largest absolute Gasteiger partial charge is 0.344 e. The summed E-state index contributed by atoms with van der Waals surface area (Å²) in [7, 11) is 4.21. The molecule has 0 atom stereocenters. The summed E-state index contributed by atoms with van der Waals surface area (Å²) in [5.41, 5.74) is 6.13. The molecule has 2 aromatic heterocycles. The molecule has 3 aromatic rings. The molecule has 2 N–H and O–H groups in total. The van der Waals surface area contributed by atoms with Crippen LogP contribution in [0.1, 0.15) is 64.1 Å². The van der Waals surface area contributed by atoms with Crippen molar-refractivity contribution in [2.24, 2.45) is 9.98 Å². The predicted octanol–water partition coefficient (Wildman–Crippen LogP) is 5.90. The summed E-state index contributed by atoms with van der Waals surface area (Å²) in [5.74, 6) is 4.14. The van der Waals surface area contributed by atoms with Gasteiger partial charge in [0.1, 0.15) is 23.3 Å². The van der Waals surface area contributed by atoms with Crippen molar-refractivity contribution >= 4 is 34.7 Å². The zero-order valence-corrected chi connectivity index (χ0v) is 20.8. The summed E-state index contributed by atoms with van der Waals surface area (Å²) < 4.78 is 0. The molecular formula is C27H32N6. The first-order chi connectivity index (χ1) is 15.4. The third-order valence-electron chi connectivity index (χ3n) is 8.10. The molecule has 0 aliphatic carbocycles. The topological polar surface area (TPSA) is 62.8 Å². The molecule has 0 spiro atoms. The van der Waals surface area contributed by atoms with Gasteiger partial charge < -0.3 is 19.8 Å². The summed E-state index contributed by atoms with van der Waals surface area (Å²) in [5, 5.41) is 0. The van der Waals surface area contributed by atoms with E-state index in [1.165, 1.54) is 11.1 Å². The molecule has 170 valence electrons. The van der Waals surface area contributed by atoms with Gasteiger partial charge in [-0.1, -0.05) is 12.1 Å². The Bertz CT molecular complexity index is 1270. The number of benzene rings is 1. The van der Waals surface area contributed by atoms with E-state index in [9.17, 15) is 0 Å². The Morgan fingerprint density at radius 3 is 1.36 bits per heavy atom. The van der Waals surface area contributed by atoms with Gasteiger partial charge >= 0.3 is 0 Å². The number of nitrogens with zero attached hydrogens (tertiary/aromatic N) is 4. The van der Waals surface area contributed by atoms with Gasteiger partial charge in [-0.25, -0.2) is 9.98 Å². The molecule has 0 unspecified atom stereocenters. The van der Waals surface area contributed by atoms with E-state index in [1.54, 1.807) is 0 Å². The lowest BCUT2D eigenvalue weighted by Gasteiger charge is -2.30. The Balaban J connectivity index is 1.66. The van der Waals surface area contributed by atoms with E-state index in [2.05, 4.69) is 112 Å². The average molecular weight is 441 g/mol. The normalized spacial score (nSPS) is 21.1. The number of anilines is 2. The van der Waals surface area contributed by atoms with Crippen LogP contribution in [-0.4, -0.2) is 35.7 Å². The van der Waals surface area contributed by atoms with Crippen molar-refractivity contribution in [3.05, 3.63) is 58.9 Å². The van der Waals surface area contributed by atoms with Crippen LogP contribution < -0.4 is 9.80 Å². The number of aliphatic imine (C=N–C) groups is 2. The molecule has 6 nitrogen and oxygen atoms in total. The maximum atomic E-state index is 5.23. The molecule has 8 bridgehead atoms. The molecule has 0 saturated heterocycles. The predicted molar refractivity (Wildman–Crippen MR) is 137 cm³/mol. The number of hydrogen-bond acceptors (Lipinski definition) is 4. The maximum Gasteiger partial charge on any atom is 0.120 e. The Hall–Kier alpha value is -3.28. The lowest BCUT2D eigenvalue weighted by atomic mass is 9.79. The molecule has 0 fully saturated rings. The number of rotatable bonds is 0. The zero-order chi connectivity index (χ0) is 23.5. The molecule has 3 aliphatic heterocycles. The van der Waals surface area contributed by atoms with Gasteiger partial charge in [0, 0.05) is 30.9 Å². The van der Waals surface area contributed by atoms with Crippen molar-refractivity contribution in [3.63, 3.8) is 0 Å². The fourth-order valence-electron chi connectivity index (χ4n) is 5.80. The quantitative estimate of drug-likeness (QED) is 0.457.